The number of ether oxygens (including phenoxy) is 2. The summed E-state index contributed by atoms with van der Waals surface area (Å²) < 4.78 is 11.3. The number of esters is 1. The van der Waals surface area contributed by atoms with Gasteiger partial charge in [0, 0.05) is 32.2 Å². The molecule has 41 heavy (non-hydrogen) atoms. The lowest BCUT2D eigenvalue weighted by atomic mass is 9.70. The molecule has 4 nitrogen and oxygen atoms in total. The monoisotopic (exact) mass is 569 g/mol. The van der Waals surface area contributed by atoms with E-state index in [1.54, 1.807) is 12.5 Å². The summed E-state index contributed by atoms with van der Waals surface area (Å²) in [5.74, 6) is 3.93. The number of hydrogen-bond donors (Lipinski definition) is 0. The minimum absolute atomic E-state index is 0.113. The van der Waals surface area contributed by atoms with Gasteiger partial charge in [0.25, 0.3) is 0 Å². The molecule has 0 aromatic heterocycles. The zero-order chi connectivity index (χ0) is 28.8. The van der Waals surface area contributed by atoms with Gasteiger partial charge in [0.2, 0.25) is 0 Å². The summed E-state index contributed by atoms with van der Waals surface area (Å²) in [5.41, 5.74) is 1.80. The van der Waals surface area contributed by atoms with Crippen molar-refractivity contribution in [2.24, 2.45) is 29.6 Å². The van der Waals surface area contributed by atoms with Crippen LogP contribution >= 0.6 is 0 Å². The highest BCUT2D eigenvalue weighted by molar-refractivity contribution is 5.66. The molecule has 0 atom stereocenters. The Labute approximate surface area is 252 Å². The maximum atomic E-state index is 11.6. The maximum absolute atomic E-state index is 11.6. The van der Waals surface area contributed by atoms with Crippen LogP contribution in [0.2, 0.25) is 0 Å². The van der Waals surface area contributed by atoms with Crippen molar-refractivity contribution in [1.82, 2.24) is 4.90 Å². The Morgan fingerprint density at radius 3 is 1.41 bits per heavy atom. The Morgan fingerprint density at radius 1 is 0.585 bits per heavy atom. The molecule has 0 amide bonds. The van der Waals surface area contributed by atoms with E-state index in [0.717, 1.165) is 54.6 Å². The minimum atomic E-state index is -0.113. The van der Waals surface area contributed by atoms with Crippen LogP contribution in [0.5, 0.6) is 0 Å². The maximum Gasteiger partial charge on any atom is 0.302 e. The van der Waals surface area contributed by atoms with E-state index >= 15 is 0 Å². The van der Waals surface area contributed by atoms with Crippen molar-refractivity contribution in [3.63, 3.8) is 0 Å². The second-order valence-corrected chi connectivity index (χ2v) is 15.3. The quantitative estimate of drug-likeness (QED) is 0.216. The van der Waals surface area contributed by atoms with Gasteiger partial charge in [0.1, 0.15) is 6.10 Å². The van der Waals surface area contributed by atoms with Crippen molar-refractivity contribution in [2.45, 2.75) is 180 Å². The van der Waals surface area contributed by atoms with Crippen molar-refractivity contribution < 1.29 is 14.3 Å². The predicted octanol–water partition coefficient (Wildman–Crippen LogP) is 9.26. The second-order valence-electron chi connectivity index (χ2n) is 15.3. The molecule has 0 aliphatic heterocycles. The number of nitrogens with zero attached hydrogens (tertiary/aromatic N) is 1. The van der Waals surface area contributed by atoms with Crippen molar-refractivity contribution in [2.75, 3.05) is 7.11 Å². The normalized spacial score (nSPS) is 41.2. The van der Waals surface area contributed by atoms with Gasteiger partial charge < -0.3 is 9.47 Å². The van der Waals surface area contributed by atoms with Gasteiger partial charge in [-0.25, -0.2) is 0 Å². The summed E-state index contributed by atoms with van der Waals surface area (Å²) in [6, 6.07) is 2.51. The zero-order valence-corrected chi connectivity index (χ0v) is 27.2. The summed E-state index contributed by atoms with van der Waals surface area (Å²) in [4.78, 5) is 14.7. The first kappa shape index (κ1) is 31.6. The van der Waals surface area contributed by atoms with Gasteiger partial charge in [-0.2, -0.15) is 0 Å². The highest BCUT2D eigenvalue weighted by Crippen LogP contribution is 2.44. The highest BCUT2D eigenvalue weighted by atomic mass is 16.5. The van der Waals surface area contributed by atoms with Gasteiger partial charge >= 0.3 is 5.97 Å². The van der Waals surface area contributed by atoms with Crippen LogP contribution in [-0.2, 0) is 14.3 Å². The van der Waals surface area contributed by atoms with E-state index in [1.807, 2.05) is 7.11 Å². The molecule has 5 aliphatic carbocycles. The van der Waals surface area contributed by atoms with Gasteiger partial charge in [0.15, 0.2) is 0 Å². The van der Waals surface area contributed by atoms with Crippen molar-refractivity contribution in [3.8, 4) is 0 Å². The third kappa shape index (κ3) is 8.62. The molecular weight excluding hydrogens is 506 g/mol. The minimum Gasteiger partial charge on any atom is -0.463 e. The first-order valence-electron chi connectivity index (χ1n) is 18.1. The van der Waals surface area contributed by atoms with Crippen LogP contribution < -0.4 is 0 Å². The molecule has 5 fully saturated rings. The third-order valence-electron chi connectivity index (χ3n) is 12.4. The lowest BCUT2D eigenvalue weighted by Crippen LogP contribution is -2.52. The fraction of sp³-hybridized carbons (Fsp3) is 0.919. The fourth-order valence-electron chi connectivity index (χ4n) is 9.80. The number of rotatable bonds is 8. The molecule has 0 aromatic carbocycles. The Bertz CT molecular complexity index is 793. The summed E-state index contributed by atoms with van der Waals surface area (Å²) in [6.45, 7) is 6.51. The molecule has 4 heteroatoms. The van der Waals surface area contributed by atoms with Crippen molar-refractivity contribution in [1.29, 1.82) is 0 Å². The number of carbonyl (C=O) groups excluding carboxylic acids is 1. The average Bonchev–Trinajstić information content (AvgIpc) is 2.99. The van der Waals surface area contributed by atoms with E-state index in [9.17, 15) is 4.79 Å². The van der Waals surface area contributed by atoms with E-state index in [4.69, 9.17) is 9.47 Å². The Hall–Kier alpha value is -0.870. The standard InChI is InChI=1S/C37H63NO3/c1-26-5-15-32(16-6-26)38(33-17-7-27(2)8-18-33)34-19-9-29(10-20-34)25-37(30-11-21-35(40-4)22-12-30)31-13-23-36(24-14-31)41-28(3)39/h25-27,29-36H,5-24H2,1-4H3/b37-25+. The van der Waals surface area contributed by atoms with Crippen LogP contribution in [0, 0.1) is 29.6 Å². The summed E-state index contributed by atoms with van der Waals surface area (Å²) >= 11 is 0. The van der Waals surface area contributed by atoms with E-state index < -0.39 is 0 Å². The van der Waals surface area contributed by atoms with Crippen LogP contribution in [0.25, 0.3) is 0 Å². The Morgan fingerprint density at radius 2 is 1.00 bits per heavy atom. The van der Waals surface area contributed by atoms with Crippen molar-refractivity contribution >= 4 is 5.97 Å². The SMILES string of the molecule is COC1CCC(/C(=C\C2CCC(N(C3CCC(C)CC3)C3CCC(C)CC3)CC2)C2CCC(OC(C)=O)CC2)CC1. The van der Waals surface area contributed by atoms with E-state index in [2.05, 4.69) is 24.8 Å². The summed E-state index contributed by atoms with van der Waals surface area (Å²) in [5, 5.41) is 0. The highest BCUT2D eigenvalue weighted by Gasteiger charge is 2.38. The molecule has 5 rings (SSSR count). The molecule has 5 saturated carbocycles. The molecule has 0 aromatic rings. The fourth-order valence-corrected chi connectivity index (χ4v) is 9.80. The number of carbonyl (C=O) groups is 1. The molecule has 0 saturated heterocycles. The molecule has 0 N–H and O–H groups in total. The molecule has 0 spiro atoms. The topological polar surface area (TPSA) is 38.8 Å². The smallest absolute Gasteiger partial charge is 0.302 e. The molecular formula is C37H63NO3. The number of hydrogen-bond acceptors (Lipinski definition) is 4. The molecule has 0 unspecified atom stereocenters. The molecule has 5 aliphatic rings. The van der Waals surface area contributed by atoms with Gasteiger partial charge in [0.05, 0.1) is 6.10 Å². The second kappa shape index (κ2) is 15.2. The van der Waals surface area contributed by atoms with Gasteiger partial charge in [-0.3, -0.25) is 9.69 Å². The van der Waals surface area contributed by atoms with Crippen LogP contribution in [0.1, 0.15) is 149 Å². The number of allylic oxidation sites excluding steroid dienone is 2. The van der Waals surface area contributed by atoms with Crippen molar-refractivity contribution in [3.05, 3.63) is 11.6 Å². The molecule has 0 radical (unpaired) electrons. The van der Waals surface area contributed by atoms with Gasteiger partial charge in [-0.05, 0) is 158 Å². The van der Waals surface area contributed by atoms with Crippen LogP contribution in [0.4, 0.5) is 0 Å². The number of methoxy groups -OCH3 is 1. The Kier molecular flexibility index (Phi) is 11.7. The average molecular weight is 570 g/mol. The van der Waals surface area contributed by atoms with Gasteiger partial charge in [-0.15, -0.1) is 0 Å². The lowest BCUT2D eigenvalue weighted by Gasteiger charge is -2.49. The third-order valence-corrected chi connectivity index (χ3v) is 12.4. The first-order valence-corrected chi connectivity index (χ1v) is 18.1. The van der Waals surface area contributed by atoms with E-state index in [1.165, 1.54) is 116 Å². The zero-order valence-electron chi connectivity index (χ0n) is 27.2. The molecule has 0 bridgehead atoms. The summed E-state index contributed by atoms with van der Waals surface area (Å²) in [7, 11) is 1.89. The molecule has 0 heterocycles. The predicted molar refractivity (Wildman–Crippen MR) is 169 cm³/mol. The summed E-state index contributed by atoms with van der Waals surface area (Å²) in [6.07, 6.45) is 30.0. The lowest BCUT2D eigenvalue weighted by molar-refractivity contribution is -0.148. The van der Waals surface area contributed by atoms with E-state index in [-0.39, 0.29) is 12.1 Å². The van der Waals surface area contributed by atoms with Crippen LogP contribution in [-0.4, -0.2) is 48.3 Å². The van der Waals surface area contributed by atoms with Crippen LogP contribution in [0.3, 0.4) is 0 Å². The van der Waals surface area contributed by atoms with Crippen LogP contribution in [0.15, 0.2) is 11.6 Å². The molecule has 234 valence electrons. The largest absolute Gasteiger partial charge is 0.463 e. The van der Waals surface area contributed by atoms with E-state index in [0.29, 0.717) is 12.0 Å². The first-order chi connectivity index (χ1) is 19.9. The Balaban J connectivity index is 1.24. The van der Waals surface area contributed by atoms with Gasteiger partial charge in [-0.1, -0.05) is 25.5 Å².